The van der Waals surface area contributed by atoms with E-state index in [-0.39, 0.29) is 0 Å². The van der Waals surface area contributed by atoms with E-state index in [9.17, 15) is 18.6 Å². The highest BCUT2D eigenvalue weighted by molar-refractivity contribution is 7.86. The van der Waals surface area contributed by atoms with E-state index >= 15 is 0 Å². The molecule has 1 rings (SSSR count). The average Bonchev–Trinajstić information content (AvgIpc) is 2.82. The normalized spacial score (nSPS) is 26.5. The van der Waals surface area contributed by atoms with Crippen LogP contribution in [0.15, 0.2) is 0 Å². The Morgan fingerprint density at radius 1 is 0.846 bits per heavy atom. The van der Waals surface area contributed by atoms with E-state index in [1.165, 1.54) is 57.8 Å². The fourth-order valence-electron chi connectivity index (χ4n) is 3.45. The summed E-state index contributed by atoms with van der Waals surface area (Å²) < 4.78 is 32.3. The molecule has 0 spiro atoms. The zero-order valence-corrected chi connectivity index (χ0v) is 17.3. The van der Waals surface area contributed by atoms with Gasteiger partial charge >= 0.3 is 0 Å². The van der Waals surface area contributed by atoms with E-state index < -0.39 is 34.7 Å². The zero-order chi connectivity index (χ0) is 19.4. The number of hydrogen-bond acceptors (Lipinski definition) is 6. The molecule has 1 aliphatic rings. The van der Waals surface area contributed by atoms with Crippen LogP contribution in [0.25, 0.3) is 0 Å². The van der Waals surface area contributed by atoms with Crippen molar-refractivity contribution in [3.05, 3.63) is 0 Å². The minimum atomic E-state index is -3.74. The third-order valence-corrected chi connectivity index (χ3v) is 5.51. The van der Waals surface area contributed by atoms with E-state index in [1.807, 2.05) is 0 Å². The fourth-order valence-corrected chi connectivity index (χ4v) is 4.06. The molecule has 0 aromatic heterocycles. The molecule has 2 N–H and O–H groups in total. The Hall–Kier alpha value is -0.210. The van der Waals surface area contributed by atoms with Gasteiger partial charge in [0.1, 0.15) is 6.10 Å². The van der Waals surface area contributed by atoms with Crippen LogP contribution in [-0.4, -0.2) is 49.5 Å². The molecule has 4 atom stereocenters. The van der Waals surface area contributed by atoms with Crippen LogP contribution in [-0.2, 0) is 19.0 Å². The summed E-state index contributed by atoms with van der Waals surface area (Å²) in [6.45, 7) is 2.24. The minimum absolute atomic E-state index is 0.570. The summed E-state index contributed by atoms with van der Waals surface area (Å²) in [5, 5.41) is 19.8. The van der Waals surface area contributed by atoms with Crippen LogP contribution in [0.1, 0.15) is 90.4 Å². The molecule has 1 heterocycles. The lowest BCUT2D eigenvalue weighted by Crippen LogP contribution is -2.36. The predicted molar refractivity (Wildman–Crippen MR) is 102 cm³/mol. The van der Waals surface area contributed by atoms with Crippen LogP contribution in [0, 0.1) is 0 Å². The summed E-state index contributed by atoms with van der Waals surface area (Å²) in [7, 11) is -3.74. The number of unbranched alkanes of at least 4 members (excludes halogenated alkanes) is 11. The predicted octanol–water partition coefficient (Wildman–Crippen LogP) is 3.50. The van der Waals surface area contributed by atoms with Gasteiger partial charge in [0.25, 0.3) is 10.1 Å². The lowest BCUT2D eigenvalue weighted by molar-refractivity contribution is -0.121. The fraction of sp³-hybridized carbons (Fsp3) is 1.00. The lowest BCUT2D eigenvalue weighted by Gasteiger charge is -2.16. The van der Waals surface area contributed by atoms with Crippen molar-refractivity contribution in [2.45, 2.75) is 115 Å². The van der Waals surface area contributed by atoms with Crippen molar-refractivity contribution >= 4 is 10.1 Å². The van der Waals surface area contributed by atoms with E-state index in [0.29, 0.717) is 6.42 Å². The van der Waals surface area contributed by atoms with Gasteiger partial charge in [-0.25, -0.2) is 0 Å². The summed E-state index contributed by atoms with van der Waals surface area (Å²) in [5.41, 5.74) is 0. The quantitative estimate of drug-likeness (QED) is 0.326. The molecular formula is C19H38O6S. The van der Waals surface area contributed by atoms with Crippen molar-refractivity contribution in [3.63, 3.8) is 0 Å². The van der Waals surface area contributed by atoms with Gasteiger partial charge in [-0.2, -0.15) is 8.42 Å². The standard InChI is InChI=1S/C19H38O6S/c1-3-4-5-6-7-8-9-10-11-12-13-14-15-16-17(20)18(19(21)24-16)25-26(2,22)23/h16-21H,3-15H2,1-2H3/t16-,17-,18+,19+/m1/s1. The van der Waals surface area contributed by atoms with Gasteiger partial charge in [-0.15, -0.1) is 0 Å². The van der Waals surface area contributed by atoms with Crippen molar-refractivity contribution in [3.8, 4) is 0 Å². The molecule has 156 valence electrons. The summed E-state index contributed by atoms with van der Waals surface area (Å²) in [5.74, 6) is 0. The number of rotatable bonds is 15. The number of hydrogen-bond donors (Lipinski definition) is 2. The van der Waals surface area contributed by atoms with E-state index in [2.05, 4.69) is 6.92 Å². The maximum atomic E-state index is 11.2. The van der Waals surface area contributed by atoms with Gasteiger partial charge in [0.2, 0.25) is 0 Å². The van der Waals surface area contributed by atoms with Gasteiger partial charge in [-0.1, -0.05) is 84.0 Å². The minimum Gasteiger partial charge on any atom is -0.387 e. The first-order valence-electron chi connectivity index (χ1n) is 10.2. The highest BCUT2D eigenvalue weighted by atomic mass is 32.2. The number of aliphatic hydroxyl groups excluding tert-OH is 2. The van der Waals surface area contributed by atoms with Crippen LogP contribution in [0.4, 0.5) is 0 Å². The van der Waals surface area contributed by atoms with Crippen molar-refractivity contribution < 1.29 is 27.6 Å². The molecule has 0 unspecified atom stereocenters. The number of ether oxygens (including phenoxy) is 1. The van der Waals surface area contributed by atoms with Crippen LogP contribution in [0.5, 0.6) is 0 Å². The molecule has 0 aromatic rings. The van der Waals surface area contributed by atoms with Crippen molar-refractivity contribution in [2.75, 3.05) is 6.26 Å². The van der Waals surface area contributed by atoms with E-state index in [0.717, 1.165) is 25.5 Å². The van der Waals surface area contributed by atoms with Crippen molar-refractivity contribution in [1.82, 2.24) is 0 Å². The SMILES string of the molecule is CCCCCCCCCCCCCC[C@H]1O[C@H](O)[C@@H](OS(C)(=O)=O)[C@@H]1O. The molecule has 0 amide bonds. The first kappa shape index (κ1) is 23.8. The third kappa shape index (κ3) is 10.2. The molecule has 6 nitrogen and oxygen atoms in total. The second-order valence-electron chi connectivity index (χ2n) is 7.50. The molecule has 0 aliphatic carbocycles. The smallest absolute Gasteiger partial charge is 0.264 e. The zero-order valence-electron chi connectivity index (χ0n) is 16.4. The molecule has 0 bridgehead atoms. The molecule has 0 aromatic carbocycles. The maximum absolute atomic E-state index is 11.2. The maximum Gasteiger partial charge on any atom is 0.264 e. The van der Waals surface area contributed by atoms with Crippen molar-refractivity contribution in [2.24, 2.45) is 0 Å². The summed E-state index contributed by atoms with van der Waals surface area (Å²) in [4.78, 5) is 0. The second kappa shape index (κ2) is 13.0. The largest absolute Gasteiger partial charge is 0.387 e. The molecule has 1 aliphatic heterocycles. The Morgan fingerprint density at radius 3 is 1.77 bits per heavy atom. The van der Waals surface area contributed by atoms with Crippen LogP contribution in [0.3, 0.4) is 0 Å². The summed E-state index contributed by atoms with van der Waals surface area (Å²) >= 11 is 0. The van der Waals surface area contributed by atoms with Crippen LogP contribution < -0.4 is 0 Å². The van der Waals surface area contributed by atoms with Crippen molar-refractivity contribution in [1.29, 1.82) is 0 Å². The van der Waals surface area contributed by atoms with Crippen LogP contribution in [0.2, 0.25) is 0 Å². The summed E-state index contributed by atoms with van der Waals surface area (Å²) in [6, 6.07) is 0. The molecule has 7 heteroatoms. The number of aliphatic hydroxyl groups is 2. The molecule has 0 radical (unpaired) electrons. The Labute approximate surface area is 159 Å². The van der Waals surface area contributed by atoms with Gasteiger partial charge in [0, 0.05) is 0 Å². The Morgan fingerprint density at radius 2 is 1.31 bits per heavy atom. The first-order chi connectivity index (χ1) is 12.3. The summed E-state index contributed by atoms with van der Waals surface area (Å²) in [6.07, 6.45) is 12.2. The monoisotopic (exact) mass is 394 g/mol. The molecule has 26 heavy (non-hydrogen) atoms. The Kier molecular flexibility index (Phi) is 12.0. The lowest BCUT2D eigenvalue weighted by atomic mass is 10.0. The molecular weight excluding hydrogens is 356 g/mol. The molecule has 1 fully saturated rings. The Bertz CT molecular complexity index is 453. The first-order valence-corrected chi connectivity index (χ1v) is 12.1. The molecule has 1 saturated heterocycles. The average molecular weight is 395 g/mol. The van der Waals surface area contributed by atoms with E-state index in [4.69, 9.17) is 8.92 Å². The van der Waals surface area contributed by atoms with E-state index in [1.54, 1.807) is 0 Å². The van der Waals surface area contributed by atoms with Gasteiger partial charge < -0.3 is 14.9 Å². The topological polar surface area (TPSA) is 93.1 Å². The van der Waals surface area contributed by atoms with Gasteiger partial charge in [-0.05, 0) is 6.42 Å². The van der Waals surface area contributed by atoms with Crippen LogP contribution >= 0.6 is 0 Å². The van der Waals surface area contributed by atoms with Gasteiger partial charge in [-0.3, -0.25) is 4.18 Å². The third-order valence-electron chi connectivity index (χ3n) is 4.94. The van der Waals surface area contributed by atoms with Gasteiger partial charge in [0.05, 0.1) is 12.4 Å². The highest BCUT2D eigenvalue weighted by Crippen LogP contribution is 2.27. The molecule has 0 saturated carbocycles. The highest BCUT2D eigenvalue weighted by Gasteiger charge is 2.45. The van der Waals surface area contributed by atoms with Gasteiger partial charge in [0.15, 0.2) is 12.4 Å². The Balaban J connectivity index is 2.01. The second-order valence-corrected chi connectivity index (χ2v) is 9.10.